The number of benzene rings is 7. The first-order valence-corrected chi connectivity index (χ1v) is 32.7. The molecule has 0 radical (unpaired) electrons. The number of pyridine rings is 2. The number of aromatic nitrogens is 2. The van der Waals surface area contributed by atoms with Crippen molar-refractivity contribution in [3.05, 3.63) is 209 Å². The second kappa shape index (κ2) is 20.7. The Morgan fingerprint density at radius 2 is 1.49 bits per heavy atom. The van der Waals surface area contributed by atoms with E-state index >= 15 is 0 Å². The van der Waals surface area contributed by atoms with Crippen molar-refractivity contribution < 1.29 is 33.0 Å². The van der Waals surface area contributed by atoms with E-state index in [1.807, 2.05) is 37.4 Å². The summed E-state index contributed by atoms with van der Waals surface area (Å²) >= 11 is -0.384. The maximum absolute atomic E-state index is 14.5. The van der Waals surface area contributed by atoms with Crippen molar-refractivity contribution in [2.75, 3.05) is 4.90 Å². The topological polar surface area (TPSA) is 43.1 Å². The standard InChI is InChI=1S/C45H34FN3S.C19H25FGeN.Ir/c1-27-18-21-35-34-16-11-17-36(42(34)50-44(35)47-27)43-48-40-33-22-20-32(46)24-30(33)19-23-39(40)49(43)41-37(28-12-7-5-8-13-28)25-31(45(2,3)4)26-38(41)29-14-9-6-10-15-29;1-13(2)9-15-11-19(22-12-18(15)21(4,5)6)16-8-7-14(3)10-17(16)20;/h5-16,18-26,43H,1-4H3;7,10-13H,9H2,1-6H3;/q-2;-1;+3/i;3D3;. The summed E-state index contributed by atoms with van der Waals surface area (Å²) < 4.78 is 53.6. The van der Waals surface area contributed by atoms with Crippen LogP contribution in [0.1, 0.15) is 72.8 Å². The minimum Gasteiger partial charge on any atom is 3.00 e. The molecule has 0 amide bonds. The van der Waals surface area contributed by atoms with E-state index in [-0.39, 0.29) is 42.5 Å². The van der Waals surface area contributed by atoms with Gasteiger partial charge in [0.1, 0.15) is 10.6 Å². The zero-order valence-electron chi connectivity index (χ0n) is 45.6. The molecule has 0 N–H and O–H groups in total. The van der Waals surface area contributed by atoms with Gasteiger partial charge >= 0.3 is 160 Å². The molecule has 10 aromatic rings. The molecule has 368 valence electrons. The van der Waals surface area contributed by atoms with Crippen LogP contribution in [-0.2, 0) is 31.9 Å². The van der Waals surface area contributed by atoms with Gasteiger partial charge in [0, 0.05) is 22.5 Å². The zero-order chi connectivity index (χ0) is 53.1. The van der Waals surface area contributed by atoms with Gasteiger partial charge in [0.15, 0.2) is 0 Å². The van der Waals surface area contributed by atoms with Crippen molar-refractivity contribution in [2.24, 2.45) is 5.92 Å². The molecule has 1 aliphatic heterocycles. The molecule has 1 unspecified atom stereocenters. The molecular formula is C64H59F2GeIrN4S. The molecule has 73 heavy (non-hydrogen) atoms. The quantitative estimate of drug-likeness (QED) is 0.112. The van der Waals surface area contributed by atoms with E-state index in [1.54, 1.807) is 17.4 Å². The molecule has 3 aromatic heterocycles. The van der Waals surface area contributed by atoms with E-state index in [4.69, 9.17) is 14.4 Å². The first-order valence-electron chi connectivity index (χ1n) is 26.1. The number of hydrogen-bond acceptors (Lipinski definition) is 4. The average Bonchev–Trinajstić information content (AvgIpc) is 3.94. The number of fused-ring (bicyclic) bond motifs is 6. The molecule has 1 aliphatic rings. The third kappa shape index (κ3) is 10.4. The van der Waals surface area contributed by atoms with E-state index in [1.165, 1.54) is 27.7 Å². The van der Waals surface area contributed by atoms with Gasteiger partial charge in [-0.25, -0.2) is 9.37 Å². The summed E-state index contributed by atoms with van der Waals surface area (Å²) in [5.74, 6) is 6.59. The SMILES string of the molecule is Cc1ccc2c(n1)sc1c(C3[N-]c4c(ccc5cc(F)ccc45)N3c3c(-c4ccccc4)cc(C(C)(C)C)cc3-c3ccccc3)[c-]ccc12.[2H]C([2H])([2H])c1c[c-]c(-c2cc(CC(C)C)[c]([Ge]([CH3])([CH3])[CH3])cn2)c(F)c1.[Ir+3]. The first kappa shape index (κ1) is 47.9. The number of nitrogens with zero attached hydrogens (tertiary/aromatic N) is 4. The van der Waals surface area contributed by atoms with E-state index in [0.29, 0.717) is 11.6 Å². The van der Waals surface area contributed by atoms with Crippen molar-refractivity contribution in [3.8, 4) is 33.5 Å². The second-order valence-corrected chi connectivity index (χ2v) is 32.9. The average molecular weight is 1220 g/mol. The first-order chi connectivity index (χ1) is 35.6. The third-order valence-electron chi connectivity index (χ3n) is 13.4. The minimum atomic E-state index is -2.34. The normalized spacial score (nSPS) is 14.3. The number of hydrogen-bond donors (Lipinski definition) is 0. The van der Waals surface area contributed by atoms with Crippen LogP contribution in [0.15, 0.2) is 152 Å². The van der Waals surface area contributed by atoms with Crippen molar-refractivity contribution in [1.29, 1.82) is 0 Å². The molecule has 0 saturated carbocycles. The van der Waals surface area contributed by atoms with Crippen LogP contribution >= 0.6 is 11.3 Å². The number of halogens is 2. The van der Waals surface area contributed by atoms with E-state index < -0.39 is 32.1 Å². The fourth-order valence-electron chi connectivity index (χ4n) is 9.86. The van der Waals surface area contributed by atoms with Gasteiger partial charge in [-0.05, 0) is 87.8 Å². The fourth-order valence-corrected chi connectivity index (χ4v) is 14.4. The van der Waals surface area contributed by atoms with Crippen molar-refractivity contribution in [3.63, 3.8) is 0 Å². The summed E-state index contributed by atoms with van der Waals surface area (Å²) in [6, 6.07) is 54.4. The van der Waals surface area contributed by atoms with E-state index in [2.05, 4.69) is 171 Å². The van der Waals surface area contributed by atoms with Gasteiger partial charge in [0.25, 0.3) is 0 Å². The maximum atomic E-state index is 14.5. The second-order valence-electron chi connectivity index (χ2n) is 21.3. The smallest absolute Gasteiger partial charge is 3.00 e. The Morgan fingerprint density at radius 3 is 2.12 bits per heavy atom. The van der Waals surface area contributed by atoms with E-state index in [9.17, 15) is 8.78 Å². The van der Waals surface area contributed by atoms with Gasteiger partial charge in [0.05, 0.1) is 5.69 Å². The Morgan fingerprint density at radius 1 is 0.808 bits per heavy atom. The summed E-state index contributed by atoms with van der Waals surface area (Å²) in [5, 5.41) is 9.61. The predicted molar refractivity (Wildman–Crippen MR) is 303 cm³/mol. The number of anilines is 2. The van der Waals surface area contributed by atoms with Crippen LogP contribution in [0, 0.1) is 43.5 Å². The molecular weight excluding hydrogens is 1160 g/mol. The maximum Gasteiger partial charge on any atom is 3.00 e. The van der Waals surface area contributed by atoms with E-state index in [0.717, 1.165) is 94.1 Å². The third-order valence-corrected chi connectivity index (χ3v) is 18.9. The van der Waals surface area contributed by atoms with Crippen molar-refractivity contribution >= 4 is 77.1 Å². The number of aryl methyl sites for hydroxylation is 2. The van der Waals surface area contributed by atoms with Crippen LogP contribution in [0.3, 0.4) is 0 Å². The molecule has 0 fully saturated rings. The summed E-state index contributed by atoms with van der Waals surface area (Å²) in [7, 11) is 0. The summed E-state index contributed by atoms with van der Waals surface area (Å²) in [6.45, 7) is 10.8. The Labute approximate surface area is 453 Å². The molecule has 7 aromatic carbocycles. The monoisotopic (exact) mass is 1220 g/mol. The van der Waals surface area contributed by atoms with Crippen LogP contribution in [0.25, 0.3) is 69.9 Å². The molecule has 0 bridgehead atoms. The molecule has 0 saturated heterocycles. The van der Waals surface area contributed by atoms with Crippen LogP contribution in [-0.4, -0.2) is 23.2 Å². The predicted octanol–water partition coefficient (Wildman–Crippen LogP) is 18.1. The molecule has 4 nitrogen and oxygen atoms in total. The molecule has 11 rings (SSSR count). The Balaban J connectivity index is 0.000000230. The van der Waals surface area contributed by atoms with Gasteiger partial charge in [-0.2, -0.15) is 29.5 Å². The summed E-state index contributed by atoms with van der Waals surface area (Å²) in [4.78, 5) is 12.8. The minimum absolute atomic E-state index is 0. The summed E-state index contributed by atoms with van der Waals surface area (Å²) in [5.41, 5.74) is 12.5. The molecule has 9 heteroatoms. The number of thiophene rings is 1. The Bertz CT molecular complexity index is 3720. The van der Waals surface area contributed by atoms with Crippen molar-refractivity contribution in [2.45, 2.75) is 83.7 Å². The largest absolute Gasteiger partial charge is 3.00 e. The van der Waals surface area contributed by atoms with Gasteiger partial charge < -0.3 is 10.2 Å². The van der Waals surface area contributed by atoms with Gasteiger partial charge in [-0.3, -0.25) is 0 Å². The molecule has 4 heterocycles. The van der Waals surface area contributed by atoms with Gasteiger partial charge in [-0.15, -0.1) is 16.6 Å². The Hall–Kier alpha value is -6.03. The number of rotatable bonds is 8. The zero-order valence-corrected chi connectivity index (χ0v) is 47.9. The summed E-state index contributed by atoms with van der Waals surface area (Å²) in [6.07, 6.45) is 2.37. The Kier molecular flexibility index (Phi) is 13.6. The molecule has 0 aliphatic carbocycles. The van der Waals surface area contributed by atoms with Crippen molar-refractivity contribution in [1.82, 2.24) is 9.97 Å². The van der Waals surface area contributed by atoms with Gasteiger partial charge in [-0.1, -0.05) is 104 Å². The van der Waals surface area contributed by atoms with Crippen LogP contribution in [0.4, 0.5) is 25.8 Å². The molecule has 0 spiro atoms. The van der Waals surface area contributed by atoms with Gasteiger partial charge in [0.2, 0.25) is 0 Å². The van der Waals surface area contributed by atoms with Crippen LogP contribution in [0.5, 0.6) is 0 Å². The molecule has 1 atom stereocenters. The fraction of sp³-hybridized carbons (Fsp3) is 0.219. The van der Waals surface area contributed by atoms with Crippen LogP contribution in [0.2, 0.25) is 17.3 Å². The van der Waals surface area contributed by atoms with Crippen LogP contribution < -0.4 is 9.30 Å².